The fraction of sp³-hybridized carbons (Fsp3) is 0.778. The minimum atomic E-state index is -1.43. The minimum absolute atomic E-state index is 0.534. The topological polar surface area (TPSA) is 222 Å². The van der Waals surface area contributed by atoms with E-state index in [1.165, 1.54) is 13.8 Å². The molecule has 1 saturated heterocycles. The summed E-state index contributed by atoms with van der Waals surface area (Å²) in [5.74, 6) is -10.4. The fourth-order valence-corrected chi connectivity index (χ4v) is 4.99. The Kier molecular flexibility index (Phi) is 17.7. The average Bonchev–Trinajstić information content (AvgIpc) is 3.02. The van der Waals surface area contributed by atoms with Gasteiger partial charge >= 0.3 is 23.9 Å². The Hall–Kier alpha value is -4.24. The molecule has 1 fully saturated rings. The Balaban J connectivity index is 3.68. The van der Waals surface area contributed by atoms with Crippen molar-refractivity contribution in [3.05, 3.63) is 0 Å². The summed E-state index contributed by atoms with van der Waals surface area (Å²) in [6, 6.07) is -5.07. The van der Waals surface area contributed by atoms with E-state index >= 15 is 0 Å². The van der Waals surface area contributed by atoms with Crippen LogP contribution in [0.3, 0.4) is 0 Å². The highest BCUT2D eigenvalue weighted by molar-refractivity contribution is 5.94. The minimum Gasteiger partial charge on any atom is -0.451 e. The van der Waals surface area contributed by atoms with Gasteiger partial charge in [0, 0.05) is 0 Å². The molecule has 1 aliphatic rings. The molecule has 8 atom stereocenters. The maximum absolute atomic E-state index is 13.5. The van der Waals surface area contributed by atoms with Gasteiger partial charge in [0.2, 0.25) is 0 Å². The van der Waals surface area contributed by atoms with Gasteiger partial charge in [-0.2, -0.15) is 0 Å². The van der Waals surface area contributed by atoms with Gasteiger partial charge in [-0.1, -0.05) is 83.1 Å². The Morgan fingerprint density at radius 1 is 0.346 bits per heavy atom. The Morgan fingerprint density at radius 3 is 0.769 bits per heavy atom. The summed E-state index contributed by atoms with van der Waals surface area (Å²) in [5.41, 5.74) is 0. The molecular weight excluding hydrogens is 680 g/mol. The highest BCUT2D eigenvalue weighted by Gasteiger charge is 2.40. The lowest BCUT2D eigenvalue weighted by Crippen LogP contribution is -2.56. The van der Waals surface area contributed by atoms with Crippen molar-refractivity contribution < 1.29 is 57.3 Å². The molecule has 0 radical (unpaired) electrons. The van der Waals surface area contributed by atoms with Gasteiger partial charge in [0.25, 0.3) is 23.6 Å². The van der Waals surface area contributed by atoms with Crippen LogP contribution in [0, 0.1) is 35.5 Å². The van der Waals surface area contributed by atoms with Crippen LogP contribution < -0.4 is 21.3 Å². The number of rotatable bonds is 6. The number of hydrogen-bond acceptors (Lipinski definition) is 12. The largest absolute Gasteiger partial charge is 0.451 e. The van der Waals surface area contributed by atoms with Crippen molar-refractivity contribution in [2.75, 3.05) is 0 Å². The molecule has 52 heavy (non-hydrogen) atoms. The highest BCUT2D eigenvalue weighted by Crippen LogP contribution is 2.17. The van der Waals surface area contributed by atoms with Gasteiger partial charge in [-0.25, -0.2) is 19.2 Å². The quantitative estimate of drug-likeness (QED) is 0.225. The van der Waals surface area contributed by atoms with E-state index in [0.29, 0.717) is 0 Å². The number of nitrogens with one attached hydrogen (secondary N) is 4. The van der Waals surface area contributed by atoms with Crippen molar-refractivity contribution in [2.24, 2.45) is 35.5 Å². The second-order valence-electron chi connectivity index (χ2n) is 15.3. The van der Waals surface area contributed by atoms with Crippen molar-refractivity contribution in [3.8, 4) is 0 Å². The molecule has 0 bridgehead atoms. The van der Waals surface area contributed by atoms with Crippen LogP contribution in [0.5, 0.6) is 0 Å². The van der Waals surface area contributed by atoms with Gasteiger partial charge in [0.05, 0.1) is 0 Å². The summed E-state index contributed by atoms with van der Waals surface area (Å²) in [6.07, 6.45) is -5.65. The molecule has 0 aliphatic carbocycles. The van der Waals surface area contributed by atoms with E-state index in [2.05, 4.69) is 21.3 Å². The molecule has 4 amide bonds. The van der Waals surface area contributed by atoms with Crippen molar-refractivity contribution in [1.82, 2.24) is 21.3 Å². The van der Waals surface area contributed by atoms with E-state index in [-0.39, 0.29) is 0 Å². The maximum atomic E-state index is 13.5. The van der Waals surface area contributed by atoms with E-state index in [0.717, 1.165) is 0 Å². The third kappa shape index (κ3) is 13.1. The van der Waals surface area contributed by atoms with E-state index < -0.39 is 132 Å². The summed E-state index contributed by atoms with van der Waals surface area (Å²) < 4.78 is 22.0. The smallest absolute Gasteiger partial charge is 0.329 e. The van der Waals surface area contributed by atoms with Crippen LogP contribution in [0.25, 0.3) is 0 Å². The molecule has 0 saturated carbocycles. The fourth-order valence-electron chi connectivity index (χ4n) is 4.99. The van der Waals surface area contributed by atoms with Crippen LogP contribution >= 0.6 is 0 Å². The van der Waals surface area contributed by atoms with Crippen LogP contribution in [0.15, 0.2) is 0 Å². The third-order valence-corrected chi connectivity index (χ3v) is 8.41. The summed E-state index contributed by atoms with van der Waals surface area (Å²) in [4.78, 5) is 107. The first-order valence-corrected chi connectivity index (χ1v) is 17.9. The summed E-state index contributed by atoms with van der Waals surface area (Å²) in [6.45, 7) is 22.1. The zero-order chi connectivity index (χ0) is 40.4. The Labute approximate surface area is 306 Å². The Morgan fingerprint density at radius 2 is 0.558 bits per heavy atom. The molecule has 0 aromatic rings. The van der Waals surface area contributed by atoms with Gasteiger partial charge in [-0.3, -0.25) is 19.2 Å². The van der Waals surface area contributed by atoms with Crippen LogP contribution in [-0.2, 0) is 57.3 Å². The van der Waals surface area contributed by atoms with Crippen LogP contribution in [0.2, 0.25) is 0 Å². The number of carbonyl (C=O) groups excluding carboxylic acids is 8. The van der Waals surface area contributed by atoms with Gasteiger partial charge in [-0.05, 0) is 49.4 Å². The normalized spacial score (nSPS) is 28.8. The summed E-state index contributed by atoms with van der Waals surface area (Å²) >= 11 is 0. The highest BCUT2D eigenvalue weighted by atomic mass is 16.6. The molecular formula is C36H60N4O12. The second kappa shape index (κ2) is 20.1. The molecule has 16 heteroatoms. The summed E-state index contributed by atoms with van der Waals surface area (Å²) in [5, 5.41) is 10.1. The molecule has 1 aliphatic heterocycles. The standard InChI is InChI=1S/C36H60N4O12/c1-15(2)23-33(45)49-21(13)29(41)37-26(18(7)8)36(48)52-28(20(11)12)32(44)40-24(16(3)4)34(46)50-22(14)30(42)38-25(17(5)6)35(47)51-27(19(9)10)31(43)39-23/h15-28H,1-14H3,(H,37,41)(H,38,42)(H,39,43)(H,40,44). The molecule has 0 aromatic heterocycles. The predicted molar refractivity (Wildman–Crippen MR) is 188 cm³/mol. The van der Waals surface area contributed by atoms with E-state index in [1.54, 1.807) is 83.1 Å². The number of cyclic esters (lactones) is 4. The van der Waals surface area contributed by atoms with Crippen LogP contribution in [-0.4, -0.2) is 96.1 Å². The molecule has 0 aromatic carbocycles. The maximum Gasteiger partial charge on any atom is 0.329 e. The number of carbonyl (C=O) groups is 8. The van der Waals surface area contributed by atoms with Gasteiger partial charge < -0.3 is 40.2 Å². The molecule has 1 rings (SSSR count). The van der Waals surface area contributed by atoms with Gasteiger partial charge in [-0.15, -0.1) is 0 Å². The van der Waals surface area contributed by atoms with Gasteiger partial charge in [0.15, 0.2) is 24.4 Å². The lowest BCUT2D eigenvalue weighted by Gasteiger charge is -2.30. The number of hydrogen-bond donors (Lipinski definition) is 4. The zero-order valence-corrected chi connectivity index (χ0v) is 33.0. The number of esters is 4. The van der Waals surface area contributed by atoms with E-state index in [9.17, 15) is 38.4 Å². The van der Waals surface area contributed by atoms with Crippen molar-refractivity contribution >= 4 is 47.5 Å². The van der Waals surface area contributed by atoms with Crippen LogP contribution in [0.1, 0.15) is 96.9 Å². The first kappa shape index (κ1) is 45.8. The van der Waals surface area contributed by atoms with E-state index in [4.69, 9.17) is 18.9 Å². The second-order valence-corrected chi connectivity index (χ2v) is 15.3. The first-order valence-electron chi connectivity index (χ1n) is 17.9. The van der Waals surface area contributed by atoms with Crippen LogP contribution in [0.4, 0.5) is 0 Å². The zero-order valence-electron chi connectivity index (χ0n) is 33.0. The molecule has 1 heterocycles. The number of ether oxygens (including phenoxy) is 4. The molecule has 296 valence electrons. The van der Waals surface area contributed by atoms with Crippen molar-refractivity contribution in [2.45, 2.75) is 146 Å². The predicted octanol–water partition coefficient (Wildman–Crippen LogP) is 1.56. The first-order chi connectivity index (χ1) is 23.9. The lowest BCUT2D eigenvalue weighted by atomic mass is 10.0. The Bertz CT molecular complexity index is 1200. The van der Waals surface area contributed by atoms with Crippen molar-refractivity contribution in [3.63, 3.8) is 0 Å². The van der Waals surface area contributed by atoms with Crippen molar-refractivity contribution in [1.29, 1.82) is 0 Å². The molecule has 4 N–H and O–H groups in total. The third-order valence-electron chi connectivity index (χ3n) is 8.41. The average molecular weight is 741 g/mol. The monoisotopic (exact) mass is 740 g/mol. The lowest BCUT2D eigenvalue weighted by molar-refractivity contribution is -0.167. The van der Waals surface area contributed by atoms with Gasteiger partial charge in [0.1, 0.15) is 24.2 Å². The SMILES string of the molecule is CC1OC(=O)C(C(C)C)NC(=O)C(C(C)C)OC(=O)C(C(C)C)NC(=O)C(C)OC(=O)C(C(C)C)NC(=O)C(C(C)C)OC(=O)C(C(C)C)NC1=O. The molecule has 16 nitrogen and oxygen atoms in total. The number of amides is 4. The van der Waals surface area contributed by atoms with E-state index in [1.807, 2.05) is 0 Å². The molecule has 0 spiro atoms. The molecule has 8 unspecified atom stereocenters. The summed E-state index contributed by atoms with van der Waals surface area (Å²) in [7, 11) is 0.